The molecule has 1 saturated heterocycles. The van der Waals surface area contributed by atoms with Crippen molar-refractivity contribution in [1.82, 2.24) is 15.1 Å². The first kappa shape index (κ1) is 26.2. The number of hydrogen-bond donors (Lipinski definition) is 1. The average Bonchev–Trinajstić information content (AvgIpc) is 3.33. The lowest BCUT2D eigenvalue weighted by Gasteiger charge is -2.29. The number of hydrogen-bond acceptors (Lipinski definition) is 5. The third-order valence-corrected chi connectivity index (χ3v) is 7.02. The van der Waals surface area contributed by atoms with Gasteiger partial charge in [-0.05, 0) is 66.8 Å². The second-order valence-electron chi connectivity index (χ2n) is 9.03. The topological polar surface area (TPSA) is 76.5 Å². The molecular formula is C32H21ClN4O3S. The van der Waals surface area contributed by atoms with E-state index in [2.05, 4.69) is 5.32 Å². The second-order valence-corrected chi connectivity index (χ2v) is 9.78. The van der Waals surface area contributed by atoms with Gasteiger partial charge >= 0.3 is 0 Å². The van der Waals surface area contributed by atoms with Crippen LogP contribution in [0.15, 0.2) is 121 Å². The molecule has 1 N–H and O–H groups in total. The first-order valence-corrected chi connectivity index (χ1v) is 13.4. The number of nitrogens with zero attached hydrogens (tertiary/aromatic N) is 3. The van der Waals surface area contributed by atoms with Gasteiger partial charge in [-0.25, -0.2) is 4.68 Å². The Balaban J connectivity index is 1.38. The van der Waals surface area contributed by atoms with E-state index in [-0.39, 0.29) is 15.8 Å². The lowest BCUT2D eigenvalue weighted by atomic mass is 10.0. The maximum Gasteiger partial charge on any atom is 0.270 e. The highest BCUT2D eigenvalue weighted by atomic mass is 35.5. The van der Waals surface area contributed by atoms with Gasteiger partial charge < -0.3 is 4.74 Å². The Morgan fingerprint density at radius 2 is 1.34 bits per heavy atom. The molecule has 2 heterocycles. The van der Waals surface area contributed by atoms with E-state index in [1.165, 1.54) is 11.0 Å². The van der Waals surface area contributed by atoms with Crippen molar-refractivity contribution in [3.63, 3.8) is 0 Å². The molecule has 1 aliphatic rings. The number of para-hydroxylation sites is 2. The normalized spacial score (nSPS) is 14.3. The van der Waals surface area contributed by atoms with Gasteiger partial charge in [-0.15, -0.1) is 0 Å². The highest BCUT2D eigenvalue weighted by Gasteiger charge is 2.35. The molecule has 41 heavy (non-hydrogen) atoms. The maximum atomic E-state index is 13.8. The molecule has 0 aliphatic carbocycles. The monoisotopic (exact) mass is 576 g/mol. The first-order valence-electron chi connectivity index (χ1n) is 12.6. The molecule has 1 aliphatic heterocycles. The zero-order valence-electron chi connectivity index (χ0n) is 21.4. The lowest BCUT2D eigenvalue weighted by Crippen LogP contribution is -2.54. The summed E-state index contributed by atoms with van der Waals surface area (Å²) < 4.78 is 7.44. The number of carbonyl (C=O) groups is 2. The summed E-state index contributed by atoms with van der Waals surface area (Å²) in [6.07, 6.45) is 1.47. The van der Waals surface area contributed by atoms with Crippen molar-refractivity contribution in [3.8, 4) is 28.4 Å². The van der Waals surface area contributed by atoms with Gasteiger partial charge in [0.1, 0.15) is 27.9 Å². The predicted octanol–water partition coefficient (Wildman–Crippen LogP) is 6.82. The van der Waals surface area contributed by atoms with Crippen molar-refractivity contribution >= 4 is 52.5 Å². The molecule has 0 saturated carbocycles. The number of amides is 2. The molecule has 0 bridgehead atoms. The van der Waals surface area contributed by atoms with E-state index in [4.69, 9.17) is 33.7 Å². The molecule has 7 nitrogen and oxygen atoms in total. The molecule has 6 rings (SSSR count). The maximum absolute atomic E-state index is 13.8. The van der Waals surface area contributed by atoms with Crippen LogP contribution in [0.3, 0.4) is 0 Å². The Morgan fingerprint density at radius 1 is 0.756 bits per heavy atom. The summed E-state index contributed by atoms with van der Waals surface area (Å²) in [6, 6.07) is 35.0. The van der Waals surface area contributed by atoms with Crippen LogP contribution in [-0.4, -0.2) is 26.7 Å². The van der Waals surface area contributed by atoms with E-state index in [1.807, 2.05) is 91.0 Å². The number of aromatic nitrogens is 2. The summed E-state index contributed by atoms with van der Waals surface area (Å²) in [5.41, 5.74) is 2.81. The van der Waals surface area contributed by atoms with Crippen molar-refractivity contribution in [3.05, 3.63) is 132 Å². The van der Waals surface area contributed by atoms with E-state index in [1.54, 1.807) is 28.9 Å². The fraction of sp³-hybridized carbons (Fsp3) is 0. The van der Waals surface area contributed by atoms with Crippen LogP contribution in [0.4, 0.5) is 5.69 Å². The first-order chi connectivity index (χ1) is 20.0. The number of nitrogens with one attached hydrogen (secondary N) is 1. The number of carbonyl (C=O) groups excluding carboxylic acids is 2. The molecule has 0 atom stereocenters. The van der Waals surface area contributed by atoms with Gasteiger partial charge in [0.15, 0.2) is 5.11 Å². The average molecular weight is 577 g/mol. The molecule has 0 radical (unpaired) electrons. The molecule has 1 aromatic heterocycles. The quantitative estimate of drug-likeness (QED) is 0.136. The van der Waals surface area contributed by atoms with Crippen molar-refractivity contribution in [2.75, 3.05) is 4.90 Å². The van der Waals surface area contributed by atoms with Crippen molar-refractivity contribution in [1.29, 1.82) is 0 Å². The fourth-order valence-corrected chi connectivity index (χ4v) is 4.97. The largest absolute Gasteiger partial charge is 0.457 e. The second kappa shape index (κ2) is 11.2. The van der Waals surface area contributed by atoms with Crippen LogP contribution in [0.5, 0.6) is 11.5 Å². The van der Waals surface area contributed by atoms with E-state index in [0.29, 0.717) is 28.4 Å². The Bertz CT molecular complexity index is 1790. The highest BCUT2D eigenvalue weighted by molar-refractivity contribution is 7.80. The molecule has 1 fully saturated rings. The minimum absolute atomic E-state index is 0.0248. The Morgan fingerprint density at radius 3 is 2.00 bits per heavy atom. The van der Waals surface area contributed by atoms with Gasteiger partial charge in [0, 0.05) is 11.1 Å². The molecule has 4 aromatic carbocycles. The Kier molecular flexibility index (Phi) is 7.16. The van der Waals surface area contributed by atoms with Crippen LogP contribution >= 0.6 is 23.8 Å². The zero-order chi connectivity index (χ0) is 28.3. The number of benzene rings is 4. The van der Waals surface area contributed by atoms with Gasteiger partial charge in [0.25, 0.3) is 11.8 Å². The SMILES string of the molecule is O=C1NC(=S)N(c2ccc(Oc3ccccc3)cc2)C(=O)C1=Cc1c(-c2ccccc2)nn(-c2ccccc2)c1Cl. The van der Waals surface area contributed by atoms with E-state index < -0.39 is 11.8 Å². The minimum Gasteiger partial charge on any atom is -0.457 e. The molecule has 0 spiro atoms. The lowest BCUT2D eigenvalue weighted by molar-refractivity contribution is -0.122. The molecule has 0 unspecified atom stereocenters. The van der Waals surface area contributed by atoms with Gasteiger partial charge in [-0.3, -0.25) is 19.8 Å². The van der Waals surface area contributed by atoms with E-state index in [9.17, 15) is 9.59 Å². The van der Waals surface area contributed by atoms with Crippen molar-refractivity contribution in [2.45, 2.75) is 0 Å². The van der Waals surface area contributed by atoms with Gasteiger partial charge in [0.2, 0.25) is 0 Å². The molecule has 200 valence electrons. The van der Waals surface area contributed by atoms with Crippen LogP contribution in [-0.2, 0) is 9.59 Å². The number of thiocarbonyl (C=S) groups is 1. The zero-order valence-corrected chi connectivity index (χ0v) is 23.0. The van der Waals surface area contributed by atoms with Crippen LogP contribution < -0.4 is 15.0 Å². The Hall–Kier alpha value is -5.05. The number of halogens is 1. The van der Waals surface area contributed by atoms with Gasteiger partial charge in [-0.1, -0.05) is 78.3 Å². The third kappa shape index (κ3) is 5.26. The van der Waals surface area contributed by atoms with E-state index >= 15 is 0 Å². The summed E-state index contributed by atoms with van der Waals surface area (Å²) in [7, 11) is 0. The molecule has 9 heteroatoms. The molecule has 2 amide bonds. The summed E-state index contributed by atoms with van der Waals surface area (Å²) in [6.45, 7) is 0. The van der Waals surface area contributed by atoms with E-state index in [0.717, 1.165) is 11.3 Å². The minimum atomic E-state index is -0.622. The Labute approximate surface area is 246 Å². The number of rotatable bonds is 6. The van der Waals surface area contributed by atoms with Gasteiger partial charge in [0.05, 0.1) is 11.4 Å². The summed E-state index contributed by atoms with van der Waals surface area (Å²) in [4.78, 5) is 28.1. The standard InChI is InChI=1S/C32H21ClN4O3S/c33-29-26(28(21-10-4-1-5-11-21)35-37(29)23-12-6-2-7-13-23)20-27-30(38)34-32(41)36(31(27)39)22-16-18-25(19-17-22)40-24-14-8-3-9-15-24/h1-20H,(H,34,38,41). The summed E-state index contributed by atoms with van der Waals surface area (Å²) >= 11 is 12.2. The van der Waals surface area contributed by atoms with Crippen LogP contribution in [0.25, 0.3) is 23.0 Å². The molecular weight excluding hydrogens is 556 g/mol. The summed E-state index contributed by atoms with van der Waals surface area (Å²) in [5.74, 6) is 0.0630. The predicted molar refractivity (Wildman–Crippen MR) is 163 cm³/mol. The highest BCUT2D eigenvalue weighted by Crippen LogP contribution is 2.34. The van der Waals surface area contributed by atoms with Crippen molar-refractivity contribution < 1.29 is 14.3 Å². The van der Waals surface area contributed by atoms with Gasteiger partial charge in [-0.2, -0.15) is 5.10 Å². The molecule has 5 aromatic rings. The van der Waals surface area contributed by atoms with Crippen molar-refractivity contribution in [2.24, 2.45) is 0 Å². The number of anilines is 1. The number of ether oxygens (including phenoxy) is 1. The van der Waals surface area contributed by atoms with Crippen LogP contribution in [0.2, 0.25) is 5.15 Å². The van der Waals surface area contributed by atoms with Crippen LogP contribution in [0, 0.1) is 0 Å². The fourth-order valence-electron chi connectivity index (χ4n) is 4.41. The van der Waals surface area contributed by atoms with Crippen LogP contribution in [0.1, 0.15) is 5.56 Å². The summed E-state index contributed by atoms with van der Waals surface area (Å²) in [5, 5.41) is 7.60. The third-order valence-electron chi connectivity index (χ3n) is 6.38. The smallest absolute Gasteiger partial charge is 0.270 e.